The Hall–Kier alpha value is -2.12. The van der Waals surface area contributed by atoms with Crippen LogP contribution in [0.1, 0.15) is 44.9 Å². The largest absolute Gasteiger partial charge is 0.468 e. The Labute approximate surface area is 160 Å². The van der Waals surface area contributed by atoms with Gasteiger partial charge in [0.05, 0.1) is 23.1 Å². The number of furan rings is 1. The average Bonchev–Trinajstić information content (AvgIpc) is 3.21. The Morgan fingerprint density at radius 1 is 1.22 bits per heavy atom. The lowest BCUT2D eigenvalue weighted by Crippen LogP contribution is -2.33. The van der Waals surface area contributed by atoms with E-state index in [1.807, 2.05) is 20.8 Å². The summed E-state index contributed by atoms with van der Waals surface area (Å²) in [7, 11) is -2.00. The number of rotatable bonds is 7. The summed E-state index contributed by atoms with van der Waals surface area (Å²) >= 11 is 0. The first kappa shape index (κ1) is 19.6. The number of sulfonamides is 1. The normalized spacial score (nSPS) is 16.2. The van der Waals surface area contributed by atoms with Crippen molar-refractivity contribution in [3.63, 3.8) is 0 Å². The van der Waals surface area contributed by atoms with Crippen LogP contribution in [0.2, 0.25) is 0 Å². The number of carbonyl (C=O) groups excluding carboxylic acids is 1. The van der Waals surface area contributed by atoms with Gasteiger partial charge < -0.3 is 9.32 Å². The highest BCUT2D eigenvalue weighted by Gasteiger charge is 2.43. The molecule has 0 N–H and O–H groups in total. The fourth-order valence-corrected chi connectivity index (χ4v) is 4.93. The molecule has 0 saturated carbocycles. The van der Waals surface area contributed by atoms with E-state index in [0.29, 0.717) is 12.3 Å². The second kappa shape index (κ2) is 7.13. The Morgan fingerprint density at radius 3 is 2.59 bits per heavy atom. The van der Waals surface area contributed by atoms with Gasteiger partial charge in [0.15, 0.2) is 0 Å². The number of fused-ring (bicyclic) bond motifs is 1. The van der Waals surface area contributed by atoms with Gasteiger partial charge in [-0.15, -0.1) is 0 Å². The zero-order chi connectivity index (χ0) is 19.8. The van der Waals surface area contributed by atoms with Crippen molar-refractivity contribution in [3.8, 4) is 0 Å². The third kappa shape index (κ3) is 3.41. The van der Waals surface area contributed by atoms with E-state index in [1.165, 1.54) is 4.31 Å². The maximum Gasteiger partial charge on any atom is 0.243 e. The molecule has 0 atom stereocenters. The SMILES string of the molecule is CCCCN(Cc1ccco1)S(=O)(=O)c1ccc2c(c1)C(C)(C)C(=O)N2C. The molecule has 7 heteroatoms. The molecular weight excluding hydrogens is 364 g/mol. The van der Waals surface area contributed by atoms with Crippen molar-refractivity contribution in [2.24, 2.45) is 0 Å². The standard InChI is InChI=1S/C20H26N2O4S/c1-5-6-11-22(14-15-8-7-12-26-15)27(24,25)16-9-10-18-17(13-16)20(2,3)19(23)21(18)4/h7-10,12-13H,5-6,11,14H2,1-4H3. The number of unbranched alkanes of at least 4 members (excludes halogenated alkanes) is 1. The summed E-state index contributed by atoms with van der Waals surface area (Å²) < 4.78 is 33.4. The van der Waals surface area contributed by atoms with E-state index in [-0.39, 0.29) is 17.3 Å². The molecule has 146 valence electrons. The van der Waals surface area contributed by atoms with Crippen LogP contribution in [0.5, 0.6) is 0 Å². The summed E-state index contributed by atoms with van der Waals surface area (Å²) in [6.45, 7) is 6.28. The summed E-state index contributed by atoms with van der Waals surface area (Å²) in [4.78, 5) is 14.3. The summed E-state index contributed by atoms with van der Waals surface area (Å²) in [6.07, 6.45) is 3.19. The molecule has 2 heterocycles. The molecule has 2 aromatic rings. The molecule has 1 aliphatic heterocycles. The minimum Gasteiger partial charge on any atom is -0.468 e. The Kier molecular flexibility index (Phi) is 5.18. The molecule has 0 fully saturated rings. The summed E-state index contributed by atoms with van der Waals surface area (Å²) in [5.74, 6) is 0.566. The first-order valence-electron chi connectivity index (χ1n) is 9.14. The highest BCUT2D eigenvalue weighted by molar-refractivity contribution is 7.89. The van der Waals surface area contributed by atoms with Crippen LogP contribution < -0.4 is 4.90 Å². The van der Waals surface area contributed by atoms with E-state index >= 15 is 0 Å². The van der Waals surface area contributed by atoms with Crippen LogP contribution in [-0.4, -0.2) is 32.2 Å². The molecule has 0 spiro atoms. The fraction of sp³-hybridized carbons (Fsp3) is 0.450. The van der Waals surface area contributed by atoms with Gasteiger partial charge in [-0.05, 0) is 56.2 Å². The van der Waals surface area contributed by atoms with Crippen LogP contribution in [0.15, 0.2) is 45.9 Å². The monoisotopic (exact) mass is 390 g/mol. The number of hydrogen-bond acceptors (Lipinski definition) is 4. The third-order valence-corrected chi connectivity index (χ3v) is 6.99. The minimum absolute atomic E-state index is 0.0366. The first-order chi connectivity index (χ1) is 12.7. The molecule has 0 aliphatic carbocycles. The number of benzene rings is 1. The van der Waals surface area contributed by atoms with E-state index in [9.17, 15) is 13.2 Å². The van der Waals surface area contributed by atoms with E-state index < -0.39 is 15.4 Å². The van der Waals surface area contributed by atoms with Crippen molar-refractivity contribution in [1.82, 2.24) is 4.31 Å². The van der Waals surface area contributed by atoms with Gasteiger partial charge in [0.2, 0.25) is 15.9 Å². The molecule has 0 saturated heterocycles. The Morgan fingerprint density at radius 2 is 1.96 bits per heavy atom. The second-order valence-corrected chi connectivity index (χ2v) is 9.38. The van der Waals surface area contributed by atoms with Crippen LogP contribution >= 0.6 is 0 Å². The molecule has 0 unspecified atom stereocenters. The van der Waals surface area contributed by atoms with Crippen molar-refractivity contribution in [2.75, 3.05) is 18.5 Å². The van der Waals surface area contributed by atoms with Gasteiger partial charge in [0, 0.05) is 19.3 Å². The molecule has 1 amide bonds. The van der Waals surface area contributed by atoms with Gasteiger partial charge in [-0.3, -0.25) is 4.79 Å². The number of hydrogen-bond donors (Lipinski definition) is 0. The molecule has 1 aromatic carbocycles. The number of amides is 1. The average molecular weight is 391 g/mol. The number of likely N-dealkylation sites (N-methyl/N-ethyl adjacent to an activating group) is 1. The van der Waals surface area contributed by atoms with E-state index in [2.05, 4.69) is 0 Å². The molecule has 1 aliphatic rings. The van der Waals surface area contributed by atoms with Gasteiger partial charge in [0.1, 0.15) is 5.76 Å². The zero-order valence-electron chi connectivity index (χ0n) is 16.2. The number of carbonyl (C=O) groups is 1. The highest BCUT2D eigenvalue weighted by atomic mass is 32.2. The molecule has 0 bridgehead atoms. The van der Waals surface area contributed by atoms with Crippen molar-refractivity contribution in [1.29, 1.82) is 0 Å². The molecule has 3 rings (SSSR count). The third-order valence-electron chi connectivity index (χ3n) is 5.15. The Balaban J connectivity index is 2.00. The van der Waals surface area contributed by atoms with E-state index in [0.717, 1.165) is 24.1 Å². The van der Waals surface area contributed by atoms with E-state index in [1.54, 1.807) is 48.5 Å². The van der Waals surface area contributed by atoms with Crippen LogP contribution in [0.25, 0.3) is 0 Å². The van der Waals surface area contributed by atoms with Crippen molar-refractivity contribution >= 4 is 21.6 Å². The molecule has 1 aromatic heterocycles. The van der Waals surface area contributed by atoms with Crippen LogP contribution in [0.3, 0.4) is 0 Å². The van der Waals surface area contributed by atoms with Crippen LogP contribution in [0.4, 0.5) is 5.69 Å². The van der Waals surface area contributed by atoms with Gasteiger partial charge in [-0.2, -0.15) is 4.31 Å². The zero-order valence-corrected chi connectivity index (χ0v) is 17.0. The number of anilines is 1. The molecule has 0 radical (unpaired) electrons. The minimum atomic E-state index is -3.71. The molecule has 6 nitrogen and oxygen atoms in total. The van der Waals surface area contributed by atoms with Crippen molar-refractivity contribution < 1.29 is 17.6 Å². The van der Waals surface area contributed by atoms with Gasteiger partial charge in [-0.25, -0.2) is 8.42 Å². The van der Waals surface area contributed by atoms with E-state index in [4.69, 9.17) is 4.42 Å². The summed E-state index contributed by atoms with van der Waals surface area (Å²) in [5, 5.41) is 0. The maximum atomic E-state index is 13.3. The van der Waals surface area contributed by atoms with Crippen molar-refractivity contribution in [2.45, 2.75) is 50.5 Å². The second-order valence-electron chi connectivity index (χ2n) is 7.44. The van der Waals surface area contributed by atoms with Crippen molar-refractivity contribution in [3.05, 3.63) is 47.9 Å². The predicted octanol–water partition coefficient (Wildman–Crippen LogP) is 3.52. The topological polar surface area (TPSA) is 70.8 Å². The summed E-state index contributed by atoms with van der Waals surface area (Å²) in [5.41, 5.74) is 0.754. The highest BCUT2D eigenvalue weighted by Crippen LogP contribution is 2.42. The fourth-order valence-electron chi connectivity index (χ4n) is 3.46. The summed E-state index contributed by atoms with van der Waals surface area (Å²) in [6, 6.07) is 8.47. The first-order valence-corrected chi connectivity index (χ1v) is 10.6. The predicted molar refractivity (Wildman–Crippen MR) is 104 cm³/mol. The van der Waals surface area contributed by atoms with Crippen LogP contribution in [0, 0.1) is 0 Å². The van der Waals surface area contributed by atoms with Crippen LogP contribution in [-0.2, 0) is 26.8 Å². The smallest absolute Gasteiger partial charge is 0.243 e. The molecule has 27 heavy (non-hydrogen) atoms. The van der Waals surface area contributed by atoms with Gasteiger partial charge in [0.25, 0.3) is 0 Å². The Bertz CT molecular complexity index is 933. The lowest BCUT2D eigenvalue weighted by Gasteiger charge is -2.22. The number of nitrogens with zero attached hydrogens (tertiary/aromatic N) is 2. The van der Waals surface area contributed by atoms with Gasteiger partial charge in [-0.1, -0.05) is 13.3 Å². The van der Waals surface area contributed by atoms with Gasteiger partial charge >= 0.3 is 0 Å². The quantitative estimate of drug-likeness (QED) is 0.725. The molecular formula is C20H26N2O4S. The maximum absolute atomic E-state index is 13.3. The lowest BCUT2D eigenvalue weighted by molar-refractivity contribution is -0.121. The lowest BCUT2D eigenvalue weighted by atomic mass is 9.86.